The number of amides is 2. The maximum Gasteiger partial charge on any atom is 0.264 e. The maximum atomic E-state index is 13.2. The number of fused-ring (bicyclic) bond motifs is 1. The molecule has 1 fully saturated rings. The molecule has 9 heteroatoms. The highest BCUT2D eigenvalue weighted by Gasteiger charge is 2.32. The van der Waals surface area contributed by atoms with Crippen LogP contribution in [0, 0.1) is 0 Å². The van der Waals surface area contributed by atoms with Gasteiger partial charge in [0.25, 0.3) is 15.9 Å². The molecule has 2 aromatic carbocycles. The molecule has 29 heavy (non-hydrogen) atoms. The average molecular weight is 415 g/mol. The van der Waals surface area contributed by atoms with Gasteiger partial charge in [-0.25, -0.2) is 8.42 Å². The van der Waals surface area contributed by atoms with Gasteiger partial charge in [-0.2, -0.15) is 0 Å². The van der Waals surface area contributed by atoms with Crippen molar-refractivity contribution in [2.75, 3.05) is 30.5 Å². The number of morpholine rings is 1. The van der Waals surface area contributed by atoms with Crippen molar-refractivity contribution in [2.24, 2.45) is 5.73 Å². The van der Waals surface area contributed by atoms with Gasteiger partial charge >= 0.3 is 0 Å². The molecule has 2 amide bonds. The number of sulfonamides is 1. The lowest BCUT2D eigenvalue weighted by Gasteiger charge is -2.31. The van der Waals surface area contributed by atoms with E-state index in [0.717, 1.165) is 5.56 Å². The number of ether oxygens (including phenoxy) is 1. The first-order valence-electron chi connectivity index (χ1n) is 9.29. The fourth-order valence-corrected chi connectivity index (χ4v) is 5.21. The first kappa shape index (κ1) is 19.4. The fourth-order valence-electron chi connectivity index (χ4n) is 3.66. The molecule has 2 aliphatic rings. The number of anilines is 1. The molecule has 1 unspecified atom stereocenters. The predicted molar refractivity (Wildman–Crippen MR) is 106 cm³/mol. The molecule has 2 aliphatic heterocycles. The van der Waals surface area contributed by atoms with Crippen molar-refractivity contribution in [3.8, 4) is 0 Å². The predicted octanol–water partition coefficient (Wildman–Crippen LogP) is 0.764. The van der Waals surface area contributed by atoms with Crippen molar-refractivity contribution in [1.82, 2.24) is 4.90 Å². The van der Waals surface area contributed by atoms with Gasteiger partial charge in [-0.3, -0.25) is 13.9 Å². The van der Waals surface area contributed by atoms with E-state index < -0.39 is 22.0 Å². The summed E-state index contributed by atoms with van der Waals surface area (Å²) < 4.78 is 33.1. The molecular weight excluding hydrogens is 394 g/mol. The average Bonchev–Trinajstić information content (AvgIpc) is 3.18. The Hall–Kier alpha value is -2.91. The van der Waals surface area contributed by atoms with Crippen LogP contribution in [0.15, 0.2) is 53.4 Å². The number of primary amides is 1. The number of hydrogen-bond acceptors (Lipinski definition) is 5. The molecule has 0 bridgehead atoms. The second kappa shape index (κ2) is 7.49. The Balaban J connectivity index is 1.60. The minimum Gasteiger partial charge on any atom is -0.367 e. The molecule has 2 heterocycles. The topological polar surface area (TPSA) is 110 Å². The Morgan fingerprint density at radius 2 is 1.86 bits per heavy atom. The van der Waals surface area contributed by atoms with Gasteiger partial charge in [-0.15, -0.1) is 0 Å². The molecule has 152 valence electrons. The Morgan fingerprint density at radius 3 is 2.66 bits per heavy atom. The second-order valence-electron chi connectivity index (χ2n) is 7.00. The van der Waals surface area contributed by atoms with Crippen LogP contribution in [0.3, 0.4) is 0 Å². The molecule has 0 saturated carbocycles. The second-order valence-corrected chi connectivity index (χ2v) is 8.86. The summed E-state index contributed by atoms with van der Waals surface area (Å²) in [6, 6.07) is 13.4. The molecule has 0 aromatic heterocycles. The zero-order valence-corrected chi connectivity index (χ0v) is 16.5. The van der Waals surface area contributed by atoms with E-state index in [9.17, 15) is 18.0 Å². The summed E-state index contributed by atoms with van der Waals surface area (Å²) >= 11 is 0. The lowest BCUT2D eigenvalue weighted by molar-refractivity contribution is -0.133. The monoisotopic (exact) mass is 415 g/mol. The van der Waals surface area contributed by atoms with Crippen LogP contribution >= 0.6 is 0 Å². The molecule has 2 N–H and O–H groups in total. The molecule has 0 spiro atoms. The fraction of sp³-hybridized carbons (Fsp3) is 0.300. The van der Waals surface area contributed by atoms with Crippen molar-refractivity contribution < 1.29 is 22.7 Å². The number of rotatable bonds is 4. The molecule has 4 rings (SSSR count). The van der Waals surface area contributed by atoms with Gasteiger partial charge < -0.3 is 15.4 Å². The summed E-state index contributed by atoms with van der Waals surface area (Å²) in [4.78, 5) is 25.8. The summed E-state index contributed by atoms with van der Waals surface area (Å²) in [6.45, 7) is 0.912. The van der Waals surface area contributed by atoms with E-state index in [1.165, 1.54) is 21.3 Å². The van der Waals surface area contributed by atoms with Gasteiger partial charge in [0.15, 0.2) is 6.10 Å². The minimum atomic E-state index is -3.80. The van der Waals surface area contributed by atoms with Gasteiger partial charge in [0.05, 0.1) is 23.7 Å². The highest BCUT2D eigenvalue weighted by Crippen LogP contribution is 2.32. The molecule has 1 atom stereocenters. The number of benzene rings is 2. The zero-order valence-electron chi connectivity index (χ0n) is 15.7. The van der Waals surface area contributed by atoms with Gasteiger partial charge in [-0.05, 0) is 36.2 Å². The number of nitrogens with zero attached hydrogens (tertiary/aromatic N) is 2. The van der Waals surface area contributed by atoms with Gasteiger partial charge in [-0.1, -0.05) is 24.3 Å². The number of carbonyl (C=O) groups is 2. The van der Waals surface area contributed by atoms with E-state index in [4.69, 9.17) is 10.5 Å². The molecule has 1 saturated heterocycles. The smallest absolute Gasteiger partial charge is 0.264 e. The van der Waals surface area contributed by atoms with E-state index in [2.05, 4.69) is 0 Å². The largest absolute Gasteiger partial charge is 0.367 e. The van der Waals surface area contributed by atoms with Crippen LogP contribution in [0.25, 0.3) is 0 Å². The first-order valence-corrected chi connectivity index (χ1v) is 10.7. The minimum absolute atomic E-state index is 0.0463. The van der Waals surface area contributed by atoms with Crippen molar-refractivity contribution in [3.05, 3.63) is 59.7 Å². The highest BCUT2D eigenvalue weighted by molar-refractivity contribution is 7.92. The third-order valence-electron chi connectivity index (χ3n) is 5.18. The van der Waals surface area contributed by atoms with E-state index in [-0.39, 0.29) is 29.5 Å². The number of carbonyl (C=O) groups excluding carboxylic acids is 2. The van der Waals surface area contributed by atoms with Crippen LogP contribution in [-0.4, -0.2) is 57.5 Å². The number of nitrogens with two attached hydrogens (primary N) is 1. The quantitative estimate of drug-likeness (QED) is 0.793. The Labute approximate surface area is 168 Å². The lowest BCUT2D eigenvalue weighted by atomic mass is 10.1. The number of para-hydroxylation sites is 1. The Bertz CT molecular complexity index is 1070. The maximum absolute atomic E-state index is 13.2. The third-order valence-corrected chi connectivity index (χ3v) is 6.99. The highest BCUT2D eigenvalue weighted by atomic mass is 32.2. The first-order chi connectivity index (χ1) is 13.9. The van der Waals surface area contributed by atoms with Gasteiger partial charge in [0.2, 0.25) is 5.91 Å². The van der Waals surface area contributed by atoms with Crippen LogP contribution in [0.1, 0.15) is 15.9 Å². The van der Waals surface area contributed by atoms with Crippen LogP contribution < -0.4 is 10.0 Å². The van der Waals surface area contributed by atoms with Crippen molar-refractivity contribution in [3.63, 3.8) is 0 Å². The van der Waals surface area contributed by atoms with Crippen LogP contribution in [0.5, 0.6) is 0 Å². The van der Waals surface area contributed by atoms with E-state index in [0.29, 0.717) is 25.2 Å². The normalized spacial score (nSPS) is 19.1. The van der Waals surface area contributed by atoms with E-state index in [1.54, 1.807) is 24.3 Å². The van der Waals surface area contributed by atoms with Crippen LogP contribution in [0.4, 0.5) is 5.69 Å². The third kappa shape index (κ3) is 3.58. The molecule has 2 aromatic rings. The summed E-state index contributed by atoms with van der Waals surface area (Å²) in [7, 11) is -3.80. The van der Waals surface area contributed by atoms with E-state index in [1.807, 2.05) is 12.1 Å². The van der Waals surface area contributed by atoms with Crippen LogP contribution in [0.2, 0.25) is 0 Å². The van der Waals surface area contributed by atoms with Crippen molar-refractivity contribution in [1.29, 1.82) is 0 Å². The Morgan fingerprint density at radius 1 is 1.07 bits per heavy atom. The lowest BCUT2D eigenvalue weighted by Crippen LogP contribution is -2.50. The zero-order chi connectivity index (χ0) is 20.6. The number of hydrogen-bond donors (Lipinski definition) is 1. The van der Waals surface area contributed by atoms with Gasteiger partial charge in [0, 0.05) is 18.7 Å². The summed E-state index contributed by atoms with van der Waals surface area (Å²) in [5.74, 6) is -0.995. The SMILES string of the molecule is NC(=O)C1CN(C(=O)c2cccc(S(=O)(=O)N3CCc4ccccc43)c2)CCO1. The molecule has 0 aliphatic carbocycles. The van der Waals surface area contributed by atoms with Crippen molar-refractivity contribution in [2.45, 2.75) is 17.4 Å². The Kier molecular flexibility index (Phi) is 5.01. The summed E-state index contributed by atoms with van der Waals surface area (Å²) in [5.41, 5.74) is 7.16. The molecule has 8 nitrogen and oxygen atoms in total. The van der Waals surface area contributed by atoms with E-state index >= 15 is 0 Å². The molecular formula is C20H21N3O5S. The summed E-state index contributed by atoms with van der Waals surface area (Å²) in [5, 5.41) is 0. The standard InChI is InChI=1S/C20H21N3O5S/c21-19(24)18-13-22(10-11-28-18)20(25)15-5-3-6-16(12-15)29(26,27)23-9-8-14-4-1-2-7-17(14)23/h1-7,12,18H,8-11,13H2,(H2,21,24). The van der Waals surface area contributed by atoms with Crippen molar-refractivity contribution >= 4 is 27.5 Å². The summed E-state index contributed by atoms with van der Waals surface area (Å²) in [6.07, 6.45) is -0.211. The van der Waals surface area contributed by atoms with Crippen LogP contribution in [-0.2, 0) is 26.0 Å². The molecule has 0 radical (unpaired) electrons. The van der Waals surface area contributed by atoms with Gasteiger partial charge in [0.1, 0.15) is 0 Å².